The molecule has 8 nitrogen and oxygen atoms in total. The number of barbiturate groups is 1. The Bertz CT molecular complexity index is 1430. The molecule has 3 aromatic rings. The van der Waals surface area contributed by atoms with Crippen molar-refractivity contribution in [1.82, 2.24) is 5.32 Å². The number of nitrogens with one attached hydrogen (secondary N) is 1. The summed E-state index contributed by atoms with van der Waals surface area (Å²) in [5.41, 5.74) is 1.81. The molecule has 1 aliphatic rings. The van der Waals surface area contributed by atoms with Crippen molar-refractivity contribution in [3.8, 4) is 5.75 Å². The van der Waals surface area contributed by atoms with Crippen LogP contribution in [0.2, 0.25) is 5.02 Å². The number of carboxylic acids is 1. The molecule has 2 N–H and O–H groups in total. The SMILES string of the molecule is Cc1c(Cl)cccc1N1C(=O)NC(=O)/C(=C\c2cc(Br)ccc2OCc2ccc(C(=O)O)cc2)C1=O. The number of imide groups is 2. The van der Waals surface area contributed by atoms with E-state index in [4.69, 9.17) is 21.4 Å². The lowest BCUT2D eigenvalue weighted by Crippen LogP contribution is -2.54. The summed E-state index contributed by atoms with van der Waals surface area (Å²) in [7, 11) is 0. The molecule has 1 heterocycles. The molecule has 0 radical (unpaired) electrons. The van der Waals surface area contributed by atoms with Crippen LogP contribution in [-0.4, -0.2) is 28.9 Å². The van der Waals surface area contributed by atoms with E-state index in [1.807, 2.05) is 0 Å². The van der Waals surface area contributed by atoms with Crippen LogP contribution < -0.4 is 15.0 Å². The van der Waals surface area contributed by atoms with Gasteiger partial charge in [0.1, 0.15) is 17.9 Å². The molecule has 0 atom stereocenters. The molecule has 1 saturated heterocycles. The van der Waals surface area contributed by atoms with Crippen molar-refractivity contribution in [3.05, 3.63) is 98.0 Å². The summed E-state index contributed by atoms with van der Waals surface area (Å²) in [5.74, 6) is -2.29. The second-order valence-corrected chi connectivity index (χ2v) is 9.14. The number of benzene rings is 3. The molecule has 10 heteroatoms. The van der Waals surface area contributed by atoms with Gasteiger partial charge in [0.25, 0.3) is 11.8 Å². The average molecular weight is 570 g/mol. The predicted octanol–water partition coefficient (Wildman–Crippen LogP) is 5.35. The van der Waals surface area contributed by atoms with Crippen molar-refractivity contribution in [2.45, 2.75) is 13.5 Å². The highest BCUT2D eigenvalue weighted by Crippen LogP contribution is 2.31. The van der Waals surface area contributed by atoms with E-state index in [-0.39, 0.29) is 23.4 Å². The Morgan fingerprint density at radius 2 is 1.83 bits per heavy atom. The molecule has 0 saturated carbocycles. The van der Waals surface area contributed by atoms with Crippen LogP contribution in [0.1, 0.15) is 27.0 Å². The molecule has 36 heavy (non-hydrogen) atoms. The Morgan fingerprint density at radius 1 is 1.11 bits per heavy atom. The first-order chi connectivity index (χ1) is 17.2. The lowest BCUT2D eigenvalue weighted by molar-refractivity contribution is -0.122. The highest BCUT2D eigenvalue weighted by Gasteiger charge is 2.37. The van der Waals surface area contributed by atoms with Crippen molar-refractivity contribution in [2.24, 2.45) is 0 Å². The Morgan fingerprint density at radius 3 is 2.53 bits per heavy atom. The summed E-state index contributed by atoms with van der Waals surface area (Å²) >= 11 is 9.55. The zero-order chi connectivity index (χ0) is 26.0. The number of ether oxygens (including phenoxy) is 1. The Balaban J connectivity index is 1.66. The van der Waals surface area contributed by atoms with Gasteiger partial charge in [0.2, 0.25) is 0 Å². The van der Waals surface area contributed by atoms with Gasteiger partial charge in [-0.1, -0.05) is 45.7 Å². The van der Waals surface area contributed by atoms with Gasteiger partial charge in [-0.25, -0.2) is 14.5 Å². The van der Waals surface area contributed by atoms with Gasteiger partial charge in [-0.3, -0.25) is 14.9 Å². The highest BCUT2D eigenvalue weighted by atomic mass is 79.9. The third-order valence-corrected chi connectivity index (χ3v) is 6.35. The Labute approximate surface area is 219 Å². The number of aromatic carboxylic acids is 1. The third-order valence-electron chi connectivity index (χ3n) is 5.45. The molecule has 0 unspecified atom stereocenters. The molecule has 1 fully saturated rings. The molecule has 3 aromatic carbocycles. The molecule has 0 bridgehead atoms. The summed E-state index contributed by atoms with van der Waals surface area (Å²) in [4.78, 5) is 50.4. The third kappa shape index (κ3) is 5.17. The van der Waals surface area contributed by atoms with Gasteiger partial charge in [0.15, 0.2) is 0 Å². The van der Waals surface area contributed by atoms with Gasteiger partial charge in [0, 0.05) is 15.1 Å². The minimum absolute atomic E-state index is 0.115. The number of carbonyl (C=O) groups excluding carboxylic acids is 3. The number of carboxylic acid groups (broad SMARTS) is 1. The summed E-state index contributed by atoms with van der Waals surface area (Å²) in [6, 6.07) is 15.2. The molecule has 4 rings (SSSR count). The lowest BCUT2D eigenvalue weighted by atomic mass is 10.0. The molecule has 182 valence electrons. The van der Waals surface area contributed by atoms with Crippen LogP contribution in [0, 0.1) is 6.92 Å². The van der Waals surface area contributed by atoms with Crippen molar-refractivity contribution >= 4 is 63.1 Å². The number of anilines is 1. The van der Waals surface area contributed by atoms with E-state index >= 15 is 0 Å². The fraction of sp³-hybridized carbons (Fsp3) is 0.0769. The van der Waals surface area contributed by atoms with Crippen molar-refractivity contribution in [3.63, 3.8) is 0 Å². The molecule has 0 aliphatic carbocycles. The number of amides is 4. The maximum atomic E-state index is 13.3. The number of hydrogen-bond donors (Lipinski definition) is 2. The molecule has 1 aliphatic heterocycles. The van der Waals surface area contributed by atoms with Crippen LogP contribution in [0.25, 0.3) is 6.08 Å². The van der Waals surface area contributed by atoms with Crippen molar-refractivity contribution in [1.29, 1.82) is 0 Å². The zero-order valence-electron chi connectivity index (χ0n) is 18.7. The zero-order valence-corrected chi connectivity index (χ0v) is 21.1. The lowest BCUT2D eigenvalue weighted by Gasteiger charge is -2.27. The number of hydrogen-bond acceptors (Lipinski definition) is 5. The number of rotatable bonds is 6. The van der Waals surface area contributed by atoms with Gasteiger partial charge < -0.3 is 9.84 Å². The Hall–Kier alpha value is -3.95. The predicted molar refractivity (Wildman–Crippen MR) is 137 cm³/mol. The molecule has 0 aromatic heterocycles. The van der Waals surface area contributed by atoms with Gasteiger partial charge in [-0.15, -0.1) is 0 Å². The van der Waals surface area contributed by atoms with Gasteiger partial charge in [-0.05, 0) is 66.6 Å². The fourth-order valence-electron chi connectivity index (χ4n) is 3.54. The number of nitrogens with zero attached hydrogens (tertiary/aromatic N) is 1. The summed E-state index contributed by atoms with van der Waals surface area (Å²) in [6.45, 7) is 1.78. The van der Waals surface area contributed by atoms with Gasteiger partial charge in [-0.2, -0.15) is 0 Å². The largest absolute Gasteiger partial charge is 0.488 e. The van der Waals surface area contributed by atoms with Crippen molar-refractivity contribution < 1.29 is 29.0 Å². The van der Waals surface area contributed by atoms with Crippen molar-refractivity contribution in [2.75, 3.05) is 4.90 Å². The molecule has 0 spiro atoms. The first kappa shape index (κ1) is 25.2. The van der Waals surface area contributed by atoms with E-state index in [0.29, 0.717) is 26.4 Å². The topological polar surface area (TPSA) is 113 Å². The summed E-state index contributed by atoms with van der Waals surface area (Å²) in [6.07, 6.45) is 1.35. The van der Waals surface area contributed by atoms with E-state index in [1.54, 1.807) is 55.5 Å². The van der Waals surface area contributed by atoms with E-state index in [9.17, 15) is 19.2 Å². The van der Waals surface area contributed by atoms with E-state index in [1.165, 1.54) is 18.2 Å². The van der Waals surface area contributed by atoms with Crippen LogP contribution in [0.3, 0.4) is 0 Å². The standard InChI is InChI=1S/C26H18BrClN2O6/c1-14-20(28)3-2-4-21(14)30-24(32)19(23(31)29-26(30)35)12-17-11-18(27)9-10-22(17)36-13-15-5-7-16(8-6-15)25(33)34/h2-12H,13H2,1H3,(H,33,34)(H,29,31,35)/b19-12+. The maximum absolute atomic E-state index is 13.3. The molecule has 4 amide bonds. The number of urea groups is 1. The highest BCUT2D eigenvalue weighted by molar-refractivity contribution is 9.10. The number of halogens is 2. The number of carbonyl (C=O) groups is 4. The summed E-state index contributed by atoms with van der Waals surface area (Å²) in [5, 5.41) is 11.6. The first-order valence-electron chi connectivity index (χ1n) is 10.6. The fourth-order valence-corrected chi connectivity index (χ4v) is 4.09. The van der Waals surface area contributed by atoms with E-state index in [0.717, 1.165) is 10.5 Å². The second kappa shape index (κ2) is 10.3. The second-order valence-electron chi connectivity index (χ2n) is 7.81. The van der Waals surface area contributed by atoms with E-state index in [2.05, 4.69) is 21.2 Å². The monoisotopic (exact) mass is 568 g/mol. The first-order valence-corrected chi connectivity index (χ1v) is 11.7. The van der Waals surface area contributed by atoms with Crippen LogP contribution in [0.4, 0.5) is 10.5 Å². The maximum Gasteiger partial charge on any atom is 0.335 e. The smallest absolute Gasteiger partial charge is 0.335 e. The van der Waals surface area contributed by atoms with Crippen LogP contribution >= 0.6 is 27.5 Å². The van der Waals surface area contributed by atoms with Gasteiger partial charge in [0.05, 0.1) is 11.3 Å². The average Bonchev–Trinajstić information content (AvgIpc) is 2.84. The normalized spacial score (nSPS) is 14.7. The van der Waals surface area contributed by atoms with Gasteiger partial charge >= 0.3 is 12.0 Å². The molecular formula is C26H18BrClN2O6. The van der Waals surface area contributed by atoms with Crippen LogP contribution in [0.5, 0.6) is 5.75 Å². The van der Waals surface area contributed by atoms with Crippen LogP contribution in [-0.2, 0) is 16.2 Å². The summed E-state index contributed by atoms with van der Waals surface area (Å²) < 4.78 is 6.58. The minimum Gasteiger partial charge on any atom is -0.488 e. The Kier molecular flexibility index (Phi) is 7.23. The minimum atomic E-state index is -1.03. The quantitative estimate of drug-likeness (QED) is 0.305. The molecular weight excluding hydrogens is 552 g/mol. The van der Waals surface area contributed by atoms with E-state index < -0.39 is 23.8 Å². The van der Waals surface area contributed by atoms with Crippen LogP contribution in [0.15, 0.2) is 70.7 Å².